The minimum absolute atomic E-state index is 0.267. The number of allylic oxidation sites excluding steroid dienone is 2. The summed E-state index contributed by atoms with van der Waals surface area (Å²) in [4.78, 5) is 19.8. The van der Waals surface area contributed by atoms with Crippen molar-refractivity contribution >= 4 is 33.7 Å². The van der Waals surface area contributed by atoms with Crippen molar-refractivity contribution in [2.24, 2.45) is 10.7 Å². The van der Waals surface area contributed by atoms with E-state index in [0.29, 0.717) is 27.2 Å². The summed E-state index contributed by atoms with van der Waals surface area (Å²) in [6.07, 6.45) is -0.267. The molecule has 0 saturated carbocycles. The molecule has 0 aliphatic carbocycles. The van der Waals surface area contributed by atoms with Crippen molar-refractivity contribution in [3.05, 3.63) is 70.0 Å². The maximum absolute atomic E-state index is 13.1. The molecule has 0 aromatic heterocycles. The van der Waals surface area contributed by atoms with Crippen molar-refractivity contribution in [3.8, 4) is 6.07 Å². The van der Waals surface area contributed by atoms with E-state index in [9.17, 15) is 10.1 Å². The molecule has 2 heterocycles. The molecule has 1 atom stereocenters. The molecule has 0 fully saturated rings. The average molecular weight is 404 g/mol. The van der Waals surface area contributed by atoms with Crippen LogP contribution >= 0.6 is 11.8 Å². The number of nitrogens with zero attached hydrogens (tertiary/aromatic N) is 3. The second-order valence-corrected chi connectivity index (χ2v) is 8.09. The lowest BCUT2D eigenvalue weighted by atomic mass is 9.90. The van der Waals surface area contributed by atoms with E-state index in [0.717, 1.165) is 16.3 Å². The lowest BCUT2D eigenvalue weighted by Gasteiger charge is -2.35. The topological polar surface area (TPSA) is 91.7 Å². The zero-order valence-electron chi connectivity index (χ0n) is 16.3. The van der Waals surface area contributed by atoms with Gasteiger partial charge in [0.05, 0.1) is 23.4 Å². The van der Waals surface area contributed by atoms with E-state index in [4.69, 9.17) is 10.5 Å². The van der Waals surface area contributed by atoms with Gasteiger partial charge >= 0.3 is 5.97 Å². The Hall–Kier alpha value is -3.24. The number of hydrogen-bond donors (Lipinski definition) is 1. The SMILES string of the molecule is CC1=C(C(=O)OC(C)C)[C@H](c2cccc3ccccc23)N2C(=N1)SC(C#N)=C2N. The largest absolute Gasteiger partial charge is 0.459 e. The third kappa shape index (κ3) is 3.15. The fourth-order valence-electron chi connectivity index (χ4n) is 3.66. The summed E-state index contributed by atoms with van der Waals surface area (Å²) in [5.74, 6) is -0.127. The first-order valence-electron chi connectivity index (χ1n) is 9.27. The first-order valence-corrected chi connectivity index (χ1v) is 10.1. The van der Waals surface area contributed by atoms with E-state index in [1.807, 2.05) is 56.3 Å². The molecule has 2 N–H and O–H groups in total. The number of amidine groups is 1. The number of esters is 1. The summed E-state index contributed by atoms with van der Waals surface area (Å²) in [6.45, 7) is 5.42. The third-order valence-corrected chi connectivity index (χ3v) is 5.83. The van der Waals surface area contributed by atoms with Crippen LogP contribution < -0.4 is 5.73 Å². The third-order valence-electron chi connectivity index (χ3n) is 4.86. The van der Waals surface area contributed by atoms with Gasteiger partial charge in [-0.2, -0.15) is 5.26 Å². The van der Waals surface area contributed by atoms with Crippen LogP contribution in [0.25, 0.3) is 10.8 Å². The highest BCUT2D eigenvalue weighted by Gasteiger charge is 2.43. The number of thioether (sulfide) groups is 1. The van der Waals surface area contributed by atoms with Crippen molar-refractivity contribution in [2.75, 3.05) is 0 Å². The highest BCUT2D eigenvalue weighted by Crippen LogP contribution is 2.46. The van der Waals surface area contributed by atoms with E-state index in [2.05, 4.69) is 11.1 Å². The quantitative estimate of drug-likeness (QED) is 0.772. The Kier molecular flexibility index (Phi) is 4.81. The van der Waals surface area contributed by atoms with Gasteiger partial charge < -0.3 is 10.5 Å². The van der Waals surface area contributed by atoms with Gasteiger partial charge in [-0.15, -0.1) is 0 Å². The molecule has 7 heteroatoms. The Morgan fingerprint density at radius 3 is 2.72 bits per heavy atom. The molecule has 0 unspecified atom stereocenters. The standard InChI is InChI=1S/C22H20N4O2S/c1-12(2)28-21(27)18-13(3)25-22-26(20(24)17(11-23)29-22)19(18)16-10-6-8-14-7-4-5-9-15(14)16/h4-10,12,19H,24H2,1-3H3/t19-/m0/s1. The first-order chi connectivity index (χ1) is 13.9. The lowest BCUT2D eigenvalue weighted by Crippen LogP contribution is -2.39. The number of carbonyl (C=O) groups excluding carboxylic acids is 1. The van der Waals surface area contributed by atoms with Crippen LogP contribution in [0.4, 0.5) is 0 Å². The van der Waals surface area contributed by atoms with Gasteiger partial charge in [0.15, 0.2) is 5.17 Å². The van der Waals surface area contributed by atoms with Crippen LogP contribution in [0, 0.1) is 11.3 Å². The summed E-state index contributed by atoms with van der Waals surface area (Å²) in [5.41, 5.74) is 8.24. The summed E-state index contributed by atoms with van der Waals surface area (Å²) < 4.78 is 5.54. The maximum atomic E-state index is 13.1. The average Bonchev–Trinajstić information content (AvgIpc) is 3.01. The van der Waals surface area contributed by atoms with Crippen LogP contribution in [0.3, 0.4) is 0 Å². The Bertz CT molecular complexity index is 1150. The van der Waals surface area contributed by atoms with Gasteiger partial charge in [-0.1, -0.05) is 42.5 Å². The highest BCUT2D eigenvalue weighted by atomic mass is 32.2. The minimum atomic E-state index is -0.529. The predicted molar refractivity (Wildman–Crippen MR) is 114 cm³/mol. The molecule has 6 nitrogen and oxygen atoms in total. The van der Waals surface area contributed by atoms with Crippen LogP contribution in [-0.4, -0.2) is 22.1 Å². The smallest absolute Gasteiger partial charge is 0.338 e. The molecule has 2 aromatic carbocycles. The van der Waals surface area contributed by atoms with Gasteiger partial charge in [0.1, 0.15) is 16.8 Å². The van der Waals surface area contributed by atoms with Crippen molar-refractivity contribution in [1.82, 2.24) is 4.90 Å². The van der Waals surface area contributed by atoms with Crippen molar-refractivity contribution in [1.29, 1.82) is 5.26 Å². The number of nitrogens with two attached hydrogens (primary N) is 1. The van der Waals surface area contributed by atoms with Crippen LogP contribution in [0.1, 0.15) is 32.4 Å². The number of rotatable bonds is 3. The Morgan fingerprint density at radius 1 is 1.28 bits per heavy atom. The molecule has 0 bridgehead atoms. The number of fused-ring (bicyclic) bond motifs is 2. The molecule has 2 aromatic rings. The molecule has 0 saturated heterocycles. The normalized spacial score (nSPS) is 18.8. The van der Waals surface area contributed by atoms with Crippen molar-refractivity contribution < 1.29 is 9.53 Å². The minimum Gasteiger partial charge on any atom is -0.459 e. The zero-order chi connectivity index (χ0) is 20.7. The van der Waals surface area contributed by atoms with E-state index in [1.165, 1.54) is 11.8 Å². The molecule has 4 rings (SSSR count). The number of hydrogen-bond acceptors (Lipinski definition) is 7. The second-order valence-electron chi connectivity index (χ2n) is 7.12. The number of aliphatic imine (C=N–C) groups is 1. The fraction of sp³-hybridized carbons (Fsp3) is 0.227. The maximum Gasteiger partial charge on any atom is 0.338 e. The summed E-state index contributed by atoms with van der Waals surface area (Å²) in [7, 11) is 0. The van der Waals surface area contributed by atoms with E-state index in [-0.39, 0.29) is 6.10 Å². The predicted octanol–water partition coefficient (Wildman–Crippen LogP) is 4.18. The summed E-state index contributed by atoms with van der Waals surface area (Å²) in [5, 5.41) is 12.1. The number of benzene rings is 2. The van der Waals surface area contributed by atoms with Crippen molar-refractivity contribution in [3.63, 3.8) is 0 Å². The monoisotopic (exact) mass is 404 g/mol. The molecule has 29 heavy (non-hydrogen) atoms. The van der Waals surface area contributed by atoms with Gasteiger partial charge in [0.2, 0.25) is 0 Å². The van der Waals surface area contributed by atoms with Crippen LogP contribution in [-0.2, 0) is 9.53 Å². The molecular weight excluding hydrogens is 384 g/mol. The molecule has 2 aliphatic heterocycles. The van der Waals surface area contributed by atoms with Gasteiger partial charge in [-0.25, -0.2) is 9.79 Å². The number of nitriles is 1. The Morgan fingerprint density at radius 2 is 2.00 bits per heavy atom. The van der Waals surface area contributed by atoms with Crippen LogP contribution in [0.15, 0.2) is 69.5 Å². The Labute approximate surface area is 173 Å². The van der Waals surface area contributed by atoms with Gasteiger partial charge in [0, 0.05) is 0 Å². The molecule has 0 radical (unpaired) electrons. The molecule has 2 aliphatic rings. The van der Waals surface area contributed by atoms with Crippen LogP contribution in [0.5, 0.6) is 0 Å². The fourth-order valence-corrected chi connectivity index (χ4v) is 4.58. The molecule has 0 spiro atoms. The zero-order valence-corrected chi connectivity index (χ0v) is 17.2. The molecule has 0 amide bonds. The molecule has 146 valence electrons. The van der Waals surface area contributed by atoms with E-state index in [1.54, 1.807) is 11.8 Å². The molecular formula is C22H20N4O2S. The van der Waals surface area contributed by atoms with E-state index >= 15 is 0 Å². The summed E-state index contributed by atoms with van der Waals surface area (Å²) in [6, 6.07) is 15.5. The number of ether oxygens (including phenoxy) is 1. The highest BCUT2D eigenvalue weighted by molar-refractivity contribution is 8.17. The van der Waals surface area contributed by atoms with Gasteiger partial charge in [-0.3, -0.25) is 4.90 Å². The first kappa shape index (κ1) is 19.1. The van der Waals surface area contributed by atoms with Gasteiger partial charge in [-0.05, 0) is 48.9 Å². The van der Waals surface area contributed by atoms with Crippen molar-refractivity contribution in [2.45, 2.75) is 32.9 Å². The summed E-state index contributed by atoms with van der Waals surface area (Å²) >= 11 is 1.22. The van der Waals surface area contributed by atoms with Gasteiger partial charge in [0.25, 0.3) is 0 Å². The number of carbonyl (C=O) groups is 1. The lowest BCUT2D eigenvalue weighted by molar-refractivity contribution is -0.143. The van der Waals surface area contributed by atoms with Crippen LogP contribution in [0.2, 0.25) is 0 Å². The second kappa shape index (κ2) is 7.30. The Balaban J connectivity index is 1.97. The van der Waals surface area contributed by atoms with E-state index < -0.39 is 12.0 Å².